The van der Waals surface area contributed by atoms with E-state index in [0.29, 0.717) is 13.0 Å². The second kappa shape index (κ2) is 5.69. The van der Waals surface area contributed by atoms with E-state index in [9.17, 15) is 14.0 Å². The van der Waals surface area contributed by atoms with Crippen molar-refractivity contribution in [1.29, 1.82) is 0 Å². The number of carboxylic acids is 1. The maximum Gasteiger partial charge on any atom is 0.326 e. The molecule has 2 rings (SSSR count). The lowest BCUT2D eigenvalue weighted by molar-refractivity contribution is -0.143. The maximum atomic E-state index is 13.9. The number of benzene rings is 1. The fraction of sp³-hybridized carbons (Fsp3) is 0.385. The fourth-order valence-corrected chi connectivity index (χ4v) is 2.62. The molecule has 0 bridgehead atoms. The van der Waals surface area contributed by atoms with Crippen LogP contribution >= 0.6 is 15.9 Å². The molecule has 0 aromatic heterocycles. The Morgan fingerprint density at radius 3 is 2.79 bits per heavy atom. The number of aliphatic carboxylic acids is 1. The lowest BCUT2D eigenvalue weighted by Gasteiger charge is -2.33. The Morgan fingerprint density at radius 2 is 2.11 bits per heavy atom. The summed E-state index contributed by atoms with van der Waals surface area (Å²) in [4.78, 5) is 24.7. The first-order chi connectivity index (χ1) is 9.02. The lowest BCUT2D eigenvalue weighted by atomic mass is 10.0. The number of carboxylic acid groups (broad SMARTS) is 1. The van der Waals surface area contributed by atoms with E-state index >= 15 is 0 Å². The predicted octanol–water partition coefficient (Wildman–Crippen LogP) is 2.67. The number of nitrogens with zero attached hydrogens (tertiary/aromatic N) is 1. The molecule has 1 unspecified atom stereocenters. The summed E-state index contributed by atoms with van der Waals surface area (Å²) in [6.07, 6.45) is 1.92. The van der Waals surface area contributed by atoms with E-state index in [2.05, 4.69) is 15.9 Å². The average molecular weight is 330 g/mol. The van der Waals surface area contributed by atoms with Gasteiger partial charge in [-0.05, 0) is 47.3 Å². The molecule has 1 amide bonds. The third-order valence-electron chi connectivity index (χ3n) is 3.23. The first kappa shape index (κ1) is 14.0. The molecular formula is C13H13BrFNO3. The number of halogens is 2. The van der Waals surface area contributed by atoms with Crippen molar-refractivity contribution >= 4 is 27.8 Å². The van der Waals surface area contributed by atoms with Crippen molar-refractivity contribution in [3.05, 3.63) is 34.1 Å². The van der Waals surface area contributed by atoms with Gasteiger partial charge in [-0.1, -0.05) is 6.07 Å². The van der Waals surface area contributed by atoms with Gasteiger partial charge in [0, 0.05) is 6.54 Å². The van der Waals surface area contributed by atoms with Crippen LogP contribution in [0.15, 0.2) is 22.7 Å². The zero-order valence-electron chi connectivity index (χ0n) is 10.1. The third-order valence-corrected chi connectivity index (χ3v) is 3.84. The van der Waals surface area contributed by atoms with Gasteiger partial charge in [-0.3, -0.25) is 4.79 Å². The minimum absolute atomic E-state index is 0.0949. The SMILES string of the molecule is O=C(O)C1CCCCN1C(=O)c1cccc(Br)c1F. The molecule has 1 aliphatic heterocycles. The summed E-state index contributed by atoms with van der Waals surface area (Å²) in [5.74, 6) is -2.25. The summed E-state index contributed by atoms with van der Waals surface area (Å²) in [5, 5.41) is 9.13. The van der Waals surface area contributed by atoms with Crippen molar-refractivity contribution in [2.24, 2.45) is 0 Å². The van der Waals surface area contributed by atoms with E-state index in [1.807, 2.05) is 0 Å². The number of piperidine rings is 1. The lowest BCUT2D eigenvalue weighted by Crippen LogP contribution is -2.48. The molecule has 1 aromatic carbocycles. The number of hydrogen-bond acceptors (Lipinski definition) is 2. The van der Waals surface area contributed by atoms with Crippen LogP contribution in [0.1, 0.15) is 29.6 Å². The Hall–Kier alpha value is -1.43. The number of likely N-dealkylation sites (tertiary alicyclic amines) is 1. The molecular weight excluding hydrogens is 317 g/mol. The number of carbonyl (C=O) groups excluding carboxylic acids is 1. The minimum Gasteiger partial charge on any atom is -0.480 e. The van der Waals surface area contributed by atoms with E-state index in [4.69, 9.17) is 5.11 Å². The summed E-state index contributed by atoms with van der Waals surface area (Å²) in [6, 6.07) is 3.56. The van der Waals surface area contributed by atoms with Crippen molar-refractivity contribution in [3.63, 3.8) is 0 Å². The zero-order valence-corrected chi connectivity index (χ0v) is 11.7. The normalized spacial score (nSPS) is 19.3. The Morgan fingerprint density at radius 1 is 1.37 bits per heavy atom. The van der Waals surface area contributed by atoms with Crippen LogP contribution in [0, 0.1) is 5.82 Å². The molecule has 6 heteroatoms. The molecule has 102 valence electrons. The van der Waals surface area contributed by atoms with Gasteiger partial charge in [0.1, 0.15) is 11.9 Å². The van der Waals surface area contributed by atoms with E-state index in [-0.39, 0.29) is 10.0 Å². The highest BCUT2D eigenvalue weighted by atomic mass is 79.9. The first-order valence-electron chi connectivity index (χ1n) is 6.00. The van der Waals surface area contributed by atoms with Crippen molar-refractivity contribution in [2.45, 2.75) is 25.3 Å². The molecule has 0 saturated carbocycles. The molecule has 1 heterocycles. The van der Waals surface area contributed by atoms with Gasteiger partial charge in [0.05, 0.1) is 10.0 Å². The van der Waals surface area contributed by atoms with Gasteiger partial charge in [0.15, 0.2) is 0 Å². The van der Waals surface area contributed by atoms with E-state index in [1.165, 1.54) is 17.0 Å². The second-order valence-electron chi connectivity index (χ2n) is 4.45. The predicted molar refractivity (Wildman–Crippen MR) is 70.4 cm³/mol. The largest absolute Gasteiger partial charge is 0.480 e. The molecule has 4 nitrogen and oxygen atoms in total. The average Bonchev–Trinajstić information content (AvgIpc) is 2.41. The van der Waals surface area contributed by atoms with Crippen molar-refractivity contribution < 1.29 is 19.1 Å². The summed E-state index contributed by atoms with van der Waals surface area (Å²) in [5.41, 5.74) is -0.0949. The first-order valence-corrected chi connectivity index (χ1v) is 6.79. The van der Waals surface area contributed by atoms with Crippen LogP contribution in [0.25, 0.3) is 0 Å². The molecule has 19 heavy (non-hydrogen) atoms. The van der Waals surface area contributed by atoms with Crippen LogP contribution in [0.3, 0.4) is 0 Å². The quantitative estimate of drug-likeness (QED) is 0.907. The molecule has 0 radical (unpaired) electrons. The smallest absolute Gasteiger partial charge is 0.326 e. The molecule has 1 fully saturated rings. The monoisotopic (exact) mass is 329 g/mol. The Bertz CT molecular complexity index is 521. The summed E-state index contributed by atoms with van der Waals surface area (Å²) < 4.78 is 14.1. The molecule has 1 N–H and O–H groups in total. The van der Waals surface area contributed by atoms with Crippen LogP contribution in [0.5, 0.6) is 0 Å². The van der Waals surface area contributed by atoms with Gasteiger partial charge in [0.2, 0.25) is 0 Å². The molecule has 1 aromatic rings. The highest BCUT2D eigenvalue weighted by Crippen LogP contribution is 2.24. The number of amides is 1. The zero-order chi connectivity index (χ0) is 14.0. The highest BCUT2D eigenvalue weighted by Gasteiger charge is 2.33. The number of carbonyl (C=O) groups is 2. The van der Waals surface area contributed by atoms with Crippen LogP contribution in [0.4, 0.5) is 4.39 Å². The number of hydrogen-bond donors (Lipinski definition) is 1. The van der Waals surface area contributed by atoms with E-state index in [0.717, 1.165) is 12.8 Å². The molecule has 0 aliphatic carbocycles. The van der Waals surface area contributed by atoms with Gasteiger partial charge in [-0.15, -0.1) is 0 Å². The van der Waals surface area contributed by atoms with Gasteiger partial charge in [-0.2, -0.15) is 0 Å². The van der Waals surface area contributed by atoms with Crippen molar-refractivity contribution in [3.8, 4) is 0 Å². The minimum atomic E-state index is -1.04. The summed E-state index contributed by atoms with van der Waals surface area (Å²) >= 11 is 3.02. The van der Waals surface area contributed by atoms with Gasteiger partial charge < -0.3 is 10.0 Å². The number of rotatable bonds is 2. The third kappa shape index (κ3) is 2.78. The van der Waals surface area contributed by atoms with Gasteiger partial charge >= 0.3 is 5.97 Å². The van der Waals surface area contributed by atoms with Gasteiger partial charge in [0.25, 0.3) is 5.91 Å². The van der Waals surface area contributed by atoms with Crippen LogP contribution in [-0.4, -0.2) is 34.5 Å². The van der Waals surface area contributed by atoms with E-state index in [1.54, 1.807) is 6.07 Å². The Balaban J connectivity index is 2.31. The van der Waals surface area contributed by atoms with E-state index < -0.39 is 23.7 Å². The summed E-state index contributed by atoms with van der Waals surface area (Å²) in [6.45, 7) is 0.349. The second-order valence-corrected chi connectivity index (χ2v) is 5.30. The van der Waals surface area contributed by atoms with Crippen molar-refractivity contribution in [2.75, 3.05) is 6.54 Å². The van der Waals surface area contributed by atoms with Crippen LogP contribution in [-0.2, 0) is 4.79 Å². The fourth-order valence-electron chi connectivity index (χ4n) is 2.26. The van der Waals surface area contributed by atoms with Crippen molar-refractivity contribution in [1.82, 2.24) is 4.90 Å². The Labute approximate surface area is 118 Å². The maximum absolute atomic E-state index is 13.9. The van der Waals surface area contributed by atoms with Crippen LogP contribution in [0.2, 0.25) is 0 Å². The molecule has 1 saturated heterocycles. The van der Waals surface area contributed by atoms with Crippen LogP contribution < -0.4 is 0 Å². The Kier molecular flexibility index (Phi) is 4.19. The molecule has 1 aliphatic rings. The van der Waals surface area contributed by atoms with Gasteiger partial charge in [-0.25, -0.2) is 9.18 Å². The standard InChI is InChI=1S/C13H13BrFNO3/c14-9-5-3-4-8(11(9)15)12(17)16-7-2-1-6-10(16)13(18)19/h3-5,10H,1-2,6-7H2,(H,18,19). The molecule has 0 spiro atoms. The summed E-state index contributed by atoms with van der Waals surface area (Å²) in [7, 11) is 0. The highest BCUT2D eigenvalue weighted by molar-refractivity contribution is 9.10. The molecule has 1 atom stereocenters. The topological polar surface area (TPSA) is 57.6 Å².